The lowest BCUT2D eigenvalue weighted by Gasteiger charge is -2.16. The Kier molecular flexibility index (Phi) is 11.9. The van der Waals surface area contributed by atoms with Crippen molar-refractivity contribution in [2.24, 2.45) is 0 Å². The number of nitrogens with one attached hydrogen (secondary N) is 2. The van der Waals surface area contributed by atoms with E-state index in [0.717, 1.165) is 12.1 Å². The molecule has 0 aliphatic heterocycles. The van der Waals surface area contributed by atoms with Crippen LogP contribution in [0.5, 0.6) is 0 Å². The molecule has 1 unspecified atom stereocenters. The van der Waals surface area contributed by atoms with Crippen molar-refractivity contribution in [2.75, 3.05) is 13.1 Å². The van der Waals surface area contributed by atoms with Crippen LogP contribution in [0.1, 0.15) is 32.3 Å². The first-order valence-electron chi connectivity index (χ1n) is 6.06. The quantitative estimate of drug-likeness (QED) is 0.846. The second-order valence-electron chi connectivity index (χ2n) is 4.21. The largest absolute Gasteiger partial charge is 0.354 e. The highest BCUT2D eigenvalue weighted by molar-refractivity contribution is 5.85. The van der Waals surface area contributed by atoms with E-state index in [1.807, 2.05) is 19.1 Å². The van der Waals surface area contributed by atoms with Gasteiger partial charge < -0.3 is 10.6 Å². The molecule has 1 heterocycles. The molecule has 1 aromatic heterocycles. The predicted molar refractivity (Wildman–Crippen MR) is 83.3 cm³/mol. The van der Waals surface area contributed by atoms with E-state index in [4.69, 9.17) is 0 Å². The summed E-state index contributed by atoms with van der Waals surface area (Å²) in [6.45, 7) is 7.56. The molecule has 2 atom stereocenters. The third-order valence-electron chi connectivity index (χ3n) is 2.71. The zero-order chi connectivity index (χ0) is 12.7. The molecule has 1 amide bonds. The van der Waals surface area contributed by atoms with Gasteiger partial charge in [-0.05, 0) is 32.0 Å². The molecule has 0 saturated carbocycles. The van der Waals surface area contributed by atoms with Gasteiger partial charge >= 0.3 is 0 Å². The predicted octanol–water partition coefficient (Wildman–Crippen LogP) is 2.14. The van der Waals surface area contributed by atoms with Gasteiger partial charge in [0.1, 0.15) is 0 Å². The Morgan fingerprint density at radius 3 is 2.58 bits per heavy atom. The van der Waals surface area contributed by atoms with Crippen molar-refractivity contribution < 1.29 is 4.79 Å². The molecule has 1 aromatic rings. The van der Waals surface area contributed by atoms with E-state index < -0.39 is 0 Å². The molecule has 110 valence electrons. The zero-order valence-electron chi connectivity index (χ0n) is 11.6. The number of likely N-dealkylation sites (N-methyl/N-ethyl adjacent to an activating group) is 1. The van der Waals surface area contributed by atoms with E-state index in [-0.39, 0.29) is 36.6 Å². The van der Waals surface area contributed by atoms with E-state index in [1.165, 1.54) is 0 Å². The van der Waals surface area contributed by atoms with Gasteiger partial charge in [0.25, 0.3) is 0 Å². The number of rotatable bonds is 6. The van der Waals surface area contributed by atoms with Crippen molar-refractivity contribution >= 4 is 30.7 Å². The van der Waals surface area contributed by atoms with Crippen molar-refractivity contribution in [2.45, 2.75) is 32.7 Å². The Hall–Kier alpha value is -0.840. The lowest BCUT2D eigenvalue weighted by Crippen LogP contribution is -2.40. The number of carbonyl (C=O) groups is 1. The number of amides is 1. The summed E-state index contributed by atoms with van der Waals surface area (Å²) in [4.78, 5) is 15.9. The molecule has 0 bridgehead atoms. The molecular formula is C13H23Cl2N3O. The smallest absolute Gasteiger partial charge is 0.227 e. The minimum absolute atomic E-state index is 0. The average Bonchev–Trinajstić information content (AvgIpc) is 2.36. The van der Waals surface area contributed by atoms with Gasteiger partial charge in [0, 0.05) is 25.0 Å². The number of pyridine rings is 1. The highest BCUT2D eigenvalue weighted by Crippen LogP contribution is 2.12. The van der Waals surface area contributed by atoms with Crippen LogP contribution in [0.3, 0.4) is 0 Å². The molecule has 4 nitrogen and oxygen atoms in total. The third kappa shape index (κ3) is 7.35. The summed E-state index contributed by atoms with van der Waals surface area (Å²) in [5.41, 5.74) is 0.945. The maximum Gasteiger partial charge on any atom is 0.227 e. The Morgan fingerprint density at radius 1 is 1.37 bits per heavy atom. The molecular weight excluding hydrogens is 285 g/mol. The maximum absolute atomic E-state index is 11.9. The number of hydrogen-bond acceptors (Lipinski definition) is 3. The van der Waals surface area contributed by atoms with Crippen LogP contribution in [0.2, 0.25) is 0 Å². The van der Waals surface area contributed by atoms with E-state index in [1.54, 1.807) is 12.4 Å². The lowest BCUT2D eigenvalue weighted by atomic mass is 10.0. The Bertz CT molecular complexity index is 349. The number of nitrogens with zero attached hydrogens (tertiary/aromatic N) is 1. The highest BCUT2D eigenvalue weighted by Gasteiger charge is 2.15. The fourth-order valence-corrected chi connectivity index (χ4v) is 1.61. The molecule has 0 aliphatic rings. The van der Waals surface area contributed by atoms with Crippen LogP contribution in [0.4, 0.5) is 0 Å². The van der Waals surface area contributed by atoms with Gasteiger partial charge in [-0.15, -0.1) is 24.8 Å². The highest BCUT2D eigenvalue weighted by atomic mass is 35.5. The fourth-order valence-electron chi connectivity index (χ4n) is 1.61. The molecule has 1 rings (SSSR count). The van der Waals surface area contributed by atoms with Gasteiger partial charge in [-0.2, -0.15) is 0 Å². The van der Waals surface area contributed by atoms with E-state index in [9.17, 15) is 4.79 Å². The molecule has 0 aromatic carbocycles. The topological polar surface area (TPSA) is 54.0 Å². The summed E-state index contributed by atoms with van der Waals surface area (Å²) in [5.74, 6) is -0.111. The minimum atomic E-state index is -0.155. The molecule has 0 saturated heterocycles. The Morgan fingerprint density at radius 2 is 2.05 bits per heavy atom. The number of carbonyl (C=O) groups excluding carboxylic acids is 1. The van der Waals surface area contributed by atoms with Gasteiger partial charge in [0.2, 0.25) is 5.91 Å². The SMILES string of the molecule is CCN[C@H](C)CNC(=O)C(C)c1cccnc1.Cl.Cl. The molecule has 0 radical (unpaired) electrons. The second-order valence-corrected chi connectivity index (χ2v) is 4.21. The van der Waals surface area contributed by atoms with Crippen molar-refractivity contribution in [3.8, 4) is 0 Å². The van der Waals surface area contributed by atoms with Crippen LogP contribution < -0.4 is 10.6 Å². The van der Waals surface area contributed by atoms with Crippen molar-refractivity contribution in [3.63, 3.8) is 0 Å². The maximum atomic E-state index is 11.9. The molecule has 19 heavy (non-hydrogen) atoms. The summed E-state index contributed by atoms with van der Waals surface area (Å²) < 4.78 is 0. The lowest BCUT2D eigenvalue weighted by molar-refractivity contribution is -0.122. The average molecular weight is 308 g/mol. The van der Waals surface area contributed by atoms with Gasteiger partial charge in [-0.1, -0.05) is 13.0 Å². The fraction of sp³-hybridized carbons (Fsp3) is 0.538. The number of halogens is 2. The standard InChI is InChI=1S/C13H21N3O.2ClH/c1-4-15-10(2)8-16-13(17)11(3)12-6-5-7-14-9-12;;/h5-7,9-11,15H,4,8H2,1-3H3,(H,16,17);2*1H/t10-,11?;;/m1../s1. The first kappa shape index (κ1) is 20.5. The third-order valence-corrected chi connectivity index (χ3v) is 2.71. The van der Waals surface area contributed by atoms with Crippen LogP contribution in [-0.4, -0.2) is 30.0 Å². The summed E-state index contributed by atoms with van der Waals surface area (Å²) in [7, 11) is 0. The second kappa shape index (κ2) is 11.0. The number of aromatic nitrogens is 1. The van der Waals surface area contributed by atoms with Gasteiger partial charge in [-0.25, -0.2) is 0 Å². The molecule has 2 N–H and O–H groups in total. The summed E-state index contributed by atoms with van der Waals surface area (Å²) >= 11 is 0. The first-order valence-corrected chi connectivity index (χ1v) is 6.06. The van der Waals surface area contributed by atoms with Crippen molar-refractivity contribution in [1.29, 1.82) is 0 Å². The van der Waals surface area contributed by atoms with Crippen molar-refractivity contribution in [3.05, 3.63) is 30.1 Å². The van der Waals surface area contributed by atoms with Crippen LogP contribution >= 0.6 is 24.8 Å². The Balaban J connectivity index is 0. The molecule has 0 fully saturated rings. The minimum Gasteiger partial charge on any atom is -0.354 e. The monoisotopic (exact) mass is 307 g/mol. The summed E-state index contributed by atoms with van der Waals surface area (Å²) in [6.07, 6.45) is 3.44. The normalized spacial score (nSPS) is 12.6. The first-order chi connectivity index (χ1) is 8.15. The molecule has 6 heteroatoms. The summed E-state index contributed by atoms with van der Waals surface area (Å²) in [6, 6.07) is 4.07. The number of hydrogen-bond donors (Lipinski definition) is 2. The van der Waals surface area contributed by atoms with Crippen molar-refractivity contribution in [1.82, 2.24) is 15.6 Å². The summed E-state index contributed by atoms with van der Waals surface area (Å²) in [5, 5.41) is 6.19. The van der Waals surface area contributed by atoms with Crippen LogP contribution in [0.25, 0.3) is 0 Å². The van der Waals surface area contributed by atoms with Gasteiger partial charge in [0.05, 0.1) is 5.92 Å². The van der Waals surface area contributed by atoms with Crippen LogP contribution in [-0.2, 0) is 4.79 Å². The molecule has 0 spiro atoms. The Labute approximate surface area is 127 Å². The van der Waals surface area contributed by atoms with Crippen LogP contribution in [0.15, 0.2) is 24.5 Å². The van der Waals surface area contributed by atoms with E-state index in [0.29, 0.717) is 12.6 Å². The van der Waals surface area contributed by atoms with Gasteiger partial charge in [0.15, 0.2) is 0 Å². The van der Waals surface area contributed by atoms with Crippen LogP contribution in [0, 0.1) is 0 Å². The van der Waals surface area contributed by atoms with Gasteiger partial charge in [-0.3, -0.25) is 9.78 Å². The molecule has 0 aliphatic carbocycles. The zero-order valence-corrected chi connectivity index (χ0v) is 13.2. The van der Waals surface area contributed by atoms with E-state index >= 15 is 0 Å². The van der Waals surface area contributed by atoms with E-state index in [2.05, 4.69) is 29.5 Å².